The van der Waals surface area contributed by atoms with E-state index in [1.807, 2.05) is 54.6 Å². The minimum Gasteiger partial charge on any atom is -0.384 e. The number of benzene rings is 2. The zero-order chi connectivity index (χ0) is 12.8. The van der Waals surface area contributed by atoms with Crippen LogP contribution in [-0.2, 0) is 0 Å². The van der Waals surface area contributed by atoms with Crippen LogP contribution in [0.5, 0.6) is 0 Å². The number of anilines is 1. The van der Waals surface area contributed by atoms with E-state index in [-0.39, 0.29) is 5.78 Å². The first-order chi connectivity index (χ1) is 8.81. The Morgan fingerprint density at radius 3 is 2.17 bits per heavy atom. The molecule has 18 heavy (non-hydrogen) atoms. The first kappa shape index (κ1) is 12.3. The van der Waals surface area contributed by atoms with Gasteiger partial charge in [0.2, 0.25) is 0 Å². The number of carbonyl (C=O) groups is 1. The Bertz CT molecular complexity index is 506. The van der Waals surface area contributed by atoms with Crippen LogP contribution in [0.25, 0.3) is 0 Å². The molecule has 3 N–H and O–H groups in total. The Balaban J connectivity index is 2.12. The second-order valence-electron chi connectivity index (χ2n) is 3.99. The lowest BCUT2D eigenvalue weighted by molar-refractivity contribution is 0.103. The molecule has 2 aromatic rings. The predicted molar refractivity (Wildman–Crippen MR) is 73.9 cm³/mol. The van der Waals surface area contributed by atoms with Crippen molar-refractivity contribution in [3.8, 4) is 0 Å². The normalized spacial score (nSPS) is 10.1. The van der Waals surface area contributed by atoms with Crippen LogP contribution in [0.15, 0.2) is 54.6 Å². The molecule has 0 aliphatic rings. The molecule has 3 heteroatoms. The molecule has 0 spiro atoms. The van der Waals surface area contributed by atoms with Crippen molar-refractivity contribution in [3.63, 3.8) is 0 Å². The summed E-state index contributed by atoms with van der Waals surface area (Å²) in [6, 6.07) is 16.7. The summed E-state index contributed by atoms with van der Waals surface area (Å²) in [5.74, 6) is 0.0426. The van der Waals surface area contributed by atoms with Gasteiger partial charge in [0.25, 0.3) is 0 Å². The van der Waals surface area contributed by atoms with E-state index in [0.717, 1.165) is 12.2 Å². The van der Waals surface area contributed by atoms with Crippen molar-refractivity contribution in [2.45, 2.75) is 0 Å². The minimum absolute atomic E-state index is 0.0426. The van der Waals surface area contributed by atoms with E-state index in [4.69, 9.17) is 5.73 Å². The molecule has 0 heterocycles. The van der Waals surface area contributed by atoms with E-state index >= 15 is 0 Å². The summed E-state index contributed by atoms with van der Waals surface area (Å²) in [5, 5.41) is 3.16. The zero-order valence-electron chi connectivity index (χ0n) is 10.1. The van der Waals surface area contributed by atoms with Gasteiger partial charge in [0, 0.05) is 29.9 Å². The Labute approximate surface area is 107 Å². The molecule has 0 aliphatic heterocycles. The monoisotopic (exact) mass is 240 g/mol. The van der Waals surface area contributed by atoms with E-state index in [2.05, 4.69) is 5.32 Å². The maximum absolute atomic E-state index is 12.1. The summed E-state index contributed by atoms with van der Waals surface area (Å²) < 4.78 is 0. The van der Waals surface area contributed by atoms with Gasteiger partial charge >= 0.3 is 0 Å². The fourth-order valence-electron chi connectivity index (χ4n) is 1.71. The fourth-order valence-corrected chi connectivity index (χ4v) is 1.71. The third-order valence-electron chi connectivity index (χ3n) is 2.66. The number of rotatable bonds is 5. The topological polar surface area (TPSA) is 55.1 Å². The third-order valence-corrected chi connectivity index (χ3v) is 2.66. The summed E-state index contributed by atoms with van der Waals surface area (Å²) in [7, 11) is 0. The molecule has 0 unspecified atom stereocenters. The molecule has 0 aliphatic carbocycles. The van der Waals surface area contributed by atoms with Crippen LogP contribution in [-0.4, -0.2) is 18.9 Å². The average molecular weight is 240 g/mol. The minimum atomic E-state index is 0.0426. The van der Waals surface area contributed by atoms with E-state index in [9.17, 15) is 4.79 Å². The van der Waals surface area contributed by atoms with Gasteiger partial charge in [0.05, 0.1) is 0 Å². The highest BCUT2D eigenvalue weighted by atomic mass is 16.1. The first-order valence-corrected chi connectivity index (χ1v) is 5.95. The maximum Gasteiger partial charge on any atom is 0.193 e. The SMILES string of the molecule is NCCNc1ccc(C(=O)c2ccccc2)cc1. The van der Waals surface area contributed by atoms with Gasteiger partial charge in [-0.25, -0.2) is 0 Å². The van der Waals surface area contributed by atoms with Crippen molar-refractivity contribution in [1.29, 1.82) is 0 Å². The fraction of sp³-hybridized carbons (Fsp3) is 0.133. The van der Waals surface area contributed by atoms with Gasteiger partial charge in [-0.1, -0.05) is 30.3 Å². The molecular weight excluding hydrogens is 224 g/mol. The highest BCUT2D eigenvalue weighted by Crippen LogP contribution is 2.13. The van der Waals surface area contributed by atoms with Gasteiger partial charge in [-0.2, -0.15) is 0 Å². The number of nitrogens with two attached hydrogens (primary N) is 1. The summed E-state index contributed by atoms with van der Waals surface area (Å²) in [4.78, 5) is 12.1. The Kier molecular flexibility index (Phi) is 4.10. The molecule has 0 saturated carbocycles. The molecular formula is C15H16N2O. The maximum atomic E-state index is 12.1. The van der Waals surface area contributed by atoms with Crippen LogP contribution in [0.3, 0.4) is 0 Å². The lowest BCUT2D eigenvalue weighted by Gasteiger charge is -2.05. The quantitative estimate of drug-likeness (QED) is 0.788. The van der Waals surface area contributed by atoms with Crippen LogP contribution in [0.4, 0.5) is 5.69 Å². The molecule has 0 amide bonds. The molecule has 2 aromatic carbocycles. The summed E-state index contributed by atoms with van der Waals surface area (Å²) in [5.41, 5.74) is 7.79. The molecule has 92 valence electrons. The van der Waals surface area contributed by atoms with Gasteiger partial charge in [0.1, 0.15) is 0 Å². The average Bonchev–Trinajstić information content (AvgIpc) is 2.46. The lowest BCUT2D eigenvalue weighted by Crippen LogP contribution is -2.13. The largest absolute Gasteiger partial charge is 0.384 e. The number of nitrogens with one attached hydrogen (secondary N) is 1. The second-order valence-corrected chi connectivity index (χ2v) is 3.99. The van der Waals surface area contributed by atoms with Crippen molar-refractivity contribution in [1.82, 2.24) is 0 Å². The summed E-state index contributed by atoms with van der Waals surface area (Å²) >= 11 is 0. The van der Waals surface area contributed by atoms with Crippen molar-refractivity contribution < 1.29 is 4.79 Å². The van der Waals surface area contributed by atoms with Crippen LogP contribution in [0.1, 0.15) is 15.9 Å². The van der Waals surface area contributed by atoms with E-state index in [1.165, 1.54) is 0 Å². The molecule has 0 aromatic heterocycles. The van der Waals surface area contributed by atoms with Gasteiger partial charge < -0.3 is 11.1 Å². The van der Waals surface area contributed by atoms with Crippen LogP contribution >= 0.6 is 0 Å². The van der Waals surface area contributed by atoms with E-state index in [0.29, 0.717) is 17.7 Å². The highest BCUT2D eigenvalue weighted by molar-refractivity contribution is 6.09. The number of carbonyl (C=O) groups excluding carboxylic acids is 1. The van der Waals surface area contributed by atoms with Crippen LogP contribution in [0.2, 0.25) is 0 Å². The second kappa shape index (κ2) is 5.98. The van der Waals surface area contributed by atoms with Crippen molar-refractivity contribution in [2.24, 2.45) is 5.73 Å². The van der Waals surface area contributed by atoms with Crippen LogP contribution in [0, 0.1) is 0 Å². The van der Waals surface area contributed by atoms with Gasteiger partial charge in [-0.3, -0.25) is 4.79 Å². The van der Waals surface area contributed by atoms with E-state index < -0.39 is 0 Å². The molecule has 0 radical (unpaired) electrons. The van der Waals surface area contributed by atoms with Crippen LogP contribution < -0.4 is 11.1 Å². The van der Waals surface area contributed by atoms with Gasteiger partial charge in [-0.15, -0.1) is 0 Å². The van der Waals surface area contributed by atoms with Crippen molar-refractivity contribution >= 4 is 11.5 Å². The Morgan fingerprint density at radius 2 is 1.56 bits per heavy atom. The lowest BCUT2D eigenvalue weighted by atomic mass is 10.0. The predicted octanol–water partition coefficient (Wildman–Crippen LogP) is 2.29. The van der Waals surface area contributed by atoms with Crippen molar-refractivity contribution in [3.05, 3.63) is 65.7 Å². The third kappa shape index (κ3) is 2.96. The molecule has 0 atom stereocenters. The Morgan fingerprint density at radius 1 is 0.944 bits per heavy atom. The van der Waals surface area contributed by atoms with E-state index in [1.54, 1.807) is 0 Å². The van der Waals surface area contributed by atoms with Gasteiger partial charge in [-0.05, 0) is 24.3 Å². The Hall–Kier alpha value is -2.13. The number of ketones is 1. The molecule has 0 fully saturated rings. The molecule has 0 bridgehead atoms. The smallest absolute Gasteiger partial charge is 0.193 e. The molecule has 2 rings (SSSR count). The summed E-state index contributed by atoms with van der Waals surface area (Å²) in [6.07, 6.45) is 0. The van der Waals surface area contributed by atoms with Crippen molar-refractivity contribution in [2.75, 3.05) is 18.4 Å². The molecule has 0 saturated heterocycles. The number of hydrogen-bond acceptors (Lipinski definition) is 3. The standard InChI is InChI=1S/C15H16N2O/c16-10-11-17-14-8-6-13(7-9-14)15(18)12-4-2-1-3-5-12/h1-9,17H,10-11,16H2. The first-order valence-electron chi connectivity index (χ1n) is 5.95. The summed E-state index contributed by atoms with van der Waals surface area (Å²) in [6.45, 7) is 1.32. The zero-order valence-corrected chi connectivity index (χ0v) is 10.1. The van der Waals surface area contributed by atoms with Gasteiger partial charge in [0.15, 0.2) is 5.78 Å². The molecule has 3 nitrogen and oxygen atoms in total. The highest BCUT2D eigenvalue weighted by Gasteiger charge is 2.07. The number of hydrogen-bond donors (Lipinski definition) is 2.